The van der Waals surface area contributed by atoms with Gasteiger partial charge in [-0.05, 0) is 38.2 Å². The van der Waals surface area contributed by atoms with E-state index in [1.54, 1.807) is 6.08 Å². The molecule has 130 valence electrons. The third-order valence-corrected chi connectivity index (χ3v) is 4.65. The lowest BCUT2D eigenvalue weighted by Crippen LogP contribution is -2.52. The summed E-state index contributed by atoms with van der Waals surface area (Å²) in [6.45, 7) is 6.59. The van der Waals surface area contributed by atoms with Gasteiger partial charge in [0.2, 0.25) is 5.91 Å². The maximum Gasteiger partial charge on any atom is 0.326 e. The zero-order chi connectivity index (χ0) is 17.6. The molecule has 0 aliphatic carbocycles. The second-order valence-corrected chi connectivity index (χ2v) is 6.29. The van der Waals surface area contributed by atoms with E-state index in [4.69, 9.17) is 4.74 Å². The Morgan fingerprint density at radius 3 is 2.50 bits per heavy atom. The van der Waals surface area contributed by atoms with Gasteiger partial charge in [-0.2, -0.15) is 0 Å². The van der Waals surface area contributed by atoms with E-state index in [1.165, 1.54) is 0 Å². The number of benzene rings is 1. The normalized spacial score (nSPS) is 17.7. The van der Waals surface area contributed by atoms with Crippen LogP contribution in [-0.4, -0.2) is 36.2 Å². The summed E-state index contributed by atoms with van der Waals surface area (Å²) in [7, 11) is 0. The monoisotopic (exact) mass is 331 g/mol. The third kappa shape index (κ3) is 4.03. The van der Waals surface area contributed by atoms with Crippen molar-refractivity contribution in [3.8, 4) is 0 Å². The van der Waals surface area contributed by atoms with E-state index < -0.39 is 17.4 Å². The molecule has 1 aliphatic rings. The van der Waals surface area contributed by atoms with Crippen LogP contribution in [0.25, 0.3) is 0 Å². The number of ether oxygens (including phenoxy) is 1. The Kier molecular flexibility index (Phi) is 6.15. The molecule has 1 heterocycles. The number of allylic oxidation sites excluding steroid dienone is 1. The Bertz CT molecular complexity index is 588. The van der Waals surface area contributed by atoms with Gasteiger partial charge in [0.25, 0.3) is 0 Å². The highest BCUT2D eigenvalue weighted by molar-refractivity contribution is 5.91. The molecule has 1 fully saturated rings. The lowest BCUT2D eigenvalue weighted by atomic mass is 9.73. The van der Waals surface area contributed by atoms with Gasteiger partial charge in [-0.25, -0.2) is 4.79 Å². The van der Waals surface area contributed by atoms with E-state index >= 15 is 0 Å². The van der Waals surface area contributed by atoms with E-state index in [2.05, 4.69) is 11.9 Å². The molecule has 24 heavy (non-hydrogen) atoms. The molecule has 0 saturated carbocycles. The molecule has 0 bridgehead atoms. The van der Waals surface area contributed by atoms with Crippen LogP contribution < -0.4 is 5.32 Å². The zero-order valence-corrected chi connectivity index (χ0v) is 14.1. The fourth-order valence-electron chi connectivity index (χ4n) is 3.08. The molecule has 0 spiro atoms. The minimum Gasteiger partial charge on any atom is -0.480 e. The van der Waals surface area contributed by atoms with Gasteiger partial charge < -0.3 is 15.2 Å². The van der Waals surface area contributed by atoms with Gasteiger partial charge in [-0.1, -0.05) is 35.9 Å². The van der Waals surface area contributed by atoms with E-state index in [-0.39, 0.29) is 5.91 Å². The Labute approximate surface area is 142 Å². The molecule has 1 amide bonds. The van der Waals surface area contributed by atoms with Crippen LogP contribution in [0.1, 0.15) is 36.8 Å². The second-order valence-electron chi connectivity index (χ2n) is 6.29. The van der Waals surface area contributed by atoms with Crippen molar-refractivity contribution < 1.29 is 19.4 Å². The first-order valence-electron chi connectivity index (χ1n) is 8.29. The van der Waals surface area contributed by atoms with Crippen LogP contribution in [0.3, 0.4) is 0 Å². The third-order valence-electron chi connectivity index (χ3n) is 4.65. The molecule has 1 aromatic carbocycles. The van der Waals surface area contributed by atoms with E-state index in [1.807, 2.05) is 31.2 Å². The predicted octanol–water partition coefficient (Wildman–Crippen LogP) is 2.58. The molecule has 0 aromatic heterocycles. The number of aliphatic carboxylic acids is 1. The quantitative estimate of drug-likeness (QED) is 0.753. The highest BCUT2D eigenvalue weighted by Gasteiger charge is 2.42. The van der Waals surface area contributed by atoms with Crippen molar-refractivity contribution in [1.82, 2.24) is 5.32 Å². The Morgan fingerprint density at radius 1 is 1.33 bits per heavy atom. The Balaban J connectivity index is 2.26. The number of carbonyl (C=O) groups excluding carboxylic acids is 1. The van der Waals surface area contributed by atoms with Crippen molar-refractivity contribution in [2.75, 3.05) is 13.2 Å². The summed E-state index contributed by atoms with van der Waals surface area (Å²) in [6.07, 6.45) is 3.64. The van der Waals surface area contributed by atoms with Gasteiger partial charge in [0, 0.05) is 13.2 Å². The molecule has 1 unspecified atom stereocenters. The number of nitrogens with one attached hydrogen (secondary N) is 1. The summed E-state index contributed by atoms with van der Waals surface area (Å²) in [5.74, 6) is -1.25. The number of carboxylic acids is 1. The van der Waals surface area contributed by atoms with Gasteiger partial charge >= 0.3 is 5.97 Å². The molecule has 1 aliphatic heterocycles. The van der Waals surface area contributed by atoms with Gasteiger partial charge in [0.1, 0.15) is 6.04 Å². The lowest BCUT2D eigenvalue weighted by Gasteiger charge is -2.37. The Hall–Kier alpha value is -2.14. The average molecular weight is 331 g/mol. The number of hydrogen-bond acceptors (Lipinski definition) is 3. The summed E-state index contributed by atoms with van der Waals surface area (Å²) in [6, 6.07) is 6.97. The van der Waals surface area contributed by atoms with Gasteiger partial charge in [0.15, 0.2) is 0 Å². The average Bonchev–Trinajstić information content (AvgIpc) is 2.59. The number of rotatable bonds is 7. The predicted molar refractivity (Wildman–Crippen MR) is 91.9 cm³/mol. The zero-order valence-electron chi connectivity index (χ0n) is 14.1. The van der Waals surface area contributed by atoms with Crippen molar-refractivity contribution in [3.05, 3.63) is 48.0 Å². The summed E-state index contributed by atoms with van der Waals surface area (Å²) < 4.78 is 5.43. The van der Waals surface area contributed by atoms with Crippen LogP contribution in [0, 0.1) is 6.92 Å². The standard InChI is InChI=1S/C19H25NO4/c1-3-4-5-16(17(21)22)20-18(23)19(10-12-24-13-11-19)15-8-6-14(2)7-9-15/h3,6-9,16H,1,4-5,10-13H2,2H3,(H,20,23)(H,21,22). The molecular formula is C19H25NO4. The maximum absolute atomic E-state index is 13.0. The number of carbonyl (C=O) groups is 2. The second kappa shape index (κ2) is 8.11. The number of amides is 1. The van der Waals surface area contributed by atoms with E-state index in [9.17, 15) is 14.7 Å². The van der Waals surface area contributed by atoms with Gasteiger partial charge in [-0.3, -0.25) is 4.79 Å². The smallest absolute Gasteiger partial charge is 0.326 e. The van der Waals surface area contributed by atoms with Crippen LogP contribution in [0.15, 0.2) is 36.9 Å². The van der Waals surface area contributed by atoms with Crippen molar-refractivity contribution in [2.45, 2.75) is 44.1 Å². The number of aryl methyl sites for hydroxylation is 1. The summed E-state index contributed by atoms with van der Waals surface area (Å²) in [5.41, 5.74) is 1.31. The molecule has 2 rings (SSSR count). The molecular weight excluding hydrogens is 306 g/mol. The fraction of sp³-hybridized carbons (Fsp3) is 0.474. The van der Waals surface area contributed by atoms with E-state index in [0.717, 1.165) is 11.1 Å². The molecule has 1 aromatic rings. The Morgan fingerprint density at radius 2 is 1.96 bits per heavy atom. The highest BCUT2D eigenvalue weighted by Crippen LogP contribution is 2.35. The van der Waals surface area contributed by atoms with Gasteiger partial charge in [-0.15, -0.1) is 6.58 Å². The first kappa shape index (κ1) is 18.2. The minimum atomic E-state index is -1.02. The first-order chi connectivity index (χ1) is 11.5. The summed E-state index contributed by atoms with van der Waals surface area (Å²) in [5, 5.41) is 12.1. The van der Waals surface area contributed by atoms with Crippen molar-refractivity contribution in [1.29, 1.82) is 0 Å². The lowest BCUT2D eigenvalue weighted by molar-refractivity contribution is -0.143. The van der Waals surface area contributed by atoms with Crippen molar-refractivity contribution >= 4 is 11.9 Å². The first-order valence-corrected chi connectivity index (χ1v) is 8.29. The minimum absolute atomic E-state index is 0.230. The fourth-order valence-corrected chi connectivity index (χ4v) is 3.08. The van der Waals surface area contributed by atoms with Gasteiger partial charge in [0.05, 0.1) is 5.41 Å². The molecule has 1 saturated heterocycles. The molecule has 0 radical (unpaired) electrons. The maximum atomic E-state index is 13.0. The molecule has 5 nitrogen and oxygen atoms in total. The summed E-state index contributed by atoms with van der Waals surface area (Å²) >= 11 is 0. The van der Waals surface area contributed by atoms with Crippen LogP contribution in [0.4, 0.5) is 0 Å². The largest absolute Gasteiger partial charge is 0.480 e. The highest BCUT2D eigenvalue weighted by atomic mass is 16.5. The molecule has 5 heteroatoms. The number of hydrogen-bond donors (Lipinski definition) is 2. The van der Waals surface area contributed by atoms with Crippen LogP contribution in [0.2, 0.25) is 0 Å². The molecule has 2 N–H and O–H groups in total. The van der Waals surface area contributed by atoms with Crippen LogP contribution in [-0.2, 0) is 19.7 Å². The topological polar surface area (TPSA) is 75.6 Å². The van der Waals surface area contributed by atoms with Crippen molar-refractivity contribution in [2.24, 2.45) is 0 Å². The summed E-state index contributed by atoms with van der Waals surface area (Å²) in [4.78, 5) is 24.5. The van der Waals surface area contributed by atoms with Crippen LogP contribution in [0.5, 0.6) is 0 Å². The molecule has 1 atom stereocenters. The SMILES string of the molecule is C=CCCC(NC(=O)C1(c2ccc(C)cc2)CCOCC1)C(=O)O. The van der Waals surface area contributed by atoms with Crippen molar-refractivity contribution in [3.63, 3.8) is 0 Å². The number of carboxylic acid groups (broad SMARTS) is 1. The van der Waals surface area contributed by atoms with Crippen LogP contribution >= 0.6 is 0 Å². The van der Waals surface area contributed by atoms with E-state index in [0.29, 0.717) is 38.9 Å².